The summed E-state index contributed by atoms with van der Waals surface area (Å²) in [5, 5.41) is 2.93. The molecule has 1 aliphatic rings. The zero-order valence-electron chi connectivity index (χ0n) is 12.5. The van der Waals surface area contributed by atoms with E-state index >= 15 is 0 Å². The molecule has 1 saturated heterocycles. The lowest BCUT2D eigenvalue weighted by atomic mass is 10.2. The van der Waals surface area contributed by atoms with Gasteiger partial charge in [0.05, 0.1) is 4.90 Å². The Bertz CT molecular complexity index is 596. The quantitative estimate of drug-likeness (QED) is 0.890. The fourth-order valence-electron chi connectivity index (χ4n) is 2.71. The van der Waals surface area contributed by atoms with Crippen LogP contribution in [0.2, 0.25) is 0 Å². The predicted octanol–water partition coefficient (Wildman–Crippen LogP) is 1.30. The summed E-state index contributed by atoms with van der Waals surface area (Å²) < 4.78 is 22.8. The van der Waals surface area contributed by atoms with E-state index in [1.807, 2.05) is 0 Å². The van der Waals surface area contributed by atoms with Crippen LogP contribution in [0, 0.1) is 0 Å². The van der Waals surface area contributed by atoms with Crippen molar-refractivity contribution < 1.29 is 13.2 Å². The second-order valence-electron chi connectivity index (χ2n) is 5.43. The Balaban J connectivity index is 1.94. The van der Waals surface area contributed by atoms with Crippen LogP contribution in [0.5, 0.6) is 0 Å². The Morgan fingerprint density at radius 1 is 1.33 bits per heavy atom. The van der Waals surface area contributed by atoms with Crippen molar-refractivity contribution in [2.45, 2.75) is 30.7 Å². The molecule has 1 aromatic carbocycles. The number of nitrogens with zero attached hydrogens (tertiary/aromatic N) is 1. The number of hydrogen-bond acceptors (Lipinski definition) is 4. The maximum atomic E-state index is 12.1. The minimum Gasteiger partial charge on any atom is -0.350 e. The minimum absolute atomic E-state index is 0.155. The van der Waals surface area contributed by atoms with E-state index < -0.39 is 9.84 Å². The average Bonchev–Trinajstić information content (AvgIpc) is 2.91. The largest absolute Gasteiger partial charge is 0.350 e. The van der Waals surface area contributed by atoms with E-state index in [0.717, 1.165) is 25.8 Å². The highest BCUT2D eigenvalue weighted by molar-refractivity contribution is 7.90. The van der Waals surface area contributed by atoms with Crippen molar-refractivity contribution in [2.24, 2.45) is 0 Å². The van der Waals surface area contributed by atoms with Gasteiger partial charge >= 0.3 is 0 Å². The summed E-state index contributed by atoms with van der Waals surface area (Å²) in [6, 6.07) is 6.46. The number of likely N-dealkylation sites (tertiary alicyclic amines) is 1. The SMILES string of the molecule is CCN1CCC[C@H]1CNC(=O)c1ccc(S(C)(=O)=O)cc1. The van der Waals surface area contributed by atoms with Gasteiger partial charge in [-0.2, -0.15) is 0 Å². The number of nitrogens with one attached hydrogen (secondary N) is 1. The van der Waals surface area contributed by atoms with Crippen LogP contribution in [-0.4, -0.2) is 51.2 Å². The summed E-state index contributed by atoms with van der Waals surface area (Å²) in [7, 11) is -3.22. The van der Waals surface area contributed by atoms with Gasteiger partial charge in [0.15, 0.2) is 9.84 Å². The summed E-state index contributed by atoms with van der Waals surface area (Å²) in [4.78, 5) is 14.7. The van der Waals surface area contributed by atoms with Crippen molar-refractivity contribution in [1.29, 1.82) is 0 Å². The standard InChI is InChI=1S/C15H22N2O3S/c1-3-17-10-4-5-13(17)11-16-15(18)12-6-8-14(9-7-12)21(2,19)20/h6-9,13H,3-5,10-11H2,1-2H3,(H,16,18)/t13-/m0/s1. The Morgan fingerprint density at radius 2 is 2.00 bits per heavy atom. The molecule has 0 spiro atoms. The molecular weight excluding hydrogens is 288 g/mol. The van der Waals surface area contributed by atoms with Crippen molar-refractivity contribution in [1.82, 2.24) is 10.2 Å². The molecule has 0 aromatic heterocycles. The van der Waals surface area contributed by atoms with E-state index in [4.69, 9.17) is 0 Å². The number of likely N-dealkylation sites (N-methyl/N-ethyl adjacent to an activating group) is 1. The number of benzene rings is 1. The highest BCUT2D eigenvalue weighted by Crippen LogP contribution is 2.16. The molecule has 21 heavy (non-hydrogen) atoms. The number of rotatable bonds is 5. The van der Waals surface area contributed by atoms with Crippen LogP contribution in [0.3, 0.4) is 0 Å². The van der Waals surface area contributed by atoms with Gasteiger partial charge in [0.25, 0.3) is 5.91 Å². The second kappa shape index (κ2) is 6.58. The molecule has 1 aliphatic heterocycles. The van der Waals surface area contributed by atoms with Gasteiger partial charge < -0.3 is 5.32 Å². The Hall–Kier alpha value is -1.40. The number of hydrogen-bond donors (Lipinski definition) is 1. The second-order valence-corrected chi connectivity index (χ2v) is 7.45. The lowest BCUT2D eigenvalue weighted by Gasteiger charge is -2.22. The highest BCUT2D eigenvalue weighted by Gasteiger charge is 2.23. The Labute approximate surface area is 126 Å². The zero-order chi connectivity index (χ0) is 15.5. The lowest BCUT2D eigenvalue weighted by Crippen LogP contribution is -2.40. The first-order valence-corrected chi connectivity index (χ1v) is 9.13. The average molecular weight is 310 g/mol. The smallest absolute Gasteiger partial charge is 0.251 e. The maximum Gasteiger partial charge on any atom is 0.251 e. The van der Waals surface area contributed by atoms with Crippen molar-refractivity contribution in [3.05, 3.63) is 29.8 Å². The van der Waals surface area contributed by atoms with Gasteiger partial charge in [-0.15, -0.1) is 0 Å². The van der Waals surface area contributed by atoms with E-state index in [1.165, 1.54) is 18.6 Å². The first-order chi connectivity index (χ1) is 9.91. The van der Waals surface area contributed by atoms with Crippen molar-refractivity contribution in [3.8, 4) is 0 Å². The molecule has 0 radical (unpaired) electrons. The molecule has 116 valence electrons. The molecule has 0 unspecified atom stereocenters. The molecule has 0 aliphatic carbocycles. The van der Waals surface area contributed by atoms with Crippen molar-refractivity contribution in [3.63, 3.8) is 0 Å². The number of amides is 1. The van der Waals surface area contributed by atoms with E-state index in [-0.39, 0.29) is 10.8 Å². The van der Waals surface area contributed by atoms with Gasteiger partial charge in [0, 0.05) is 24.4 Å². The van der Waals surface area contributed by atoms with E-state index in [9.17, 15) is 13.2 Å². The molecular formula is C15H22N2O3S. The van der Waals surface area contributed by atoms with Crippen molar-refractivity contribution in [2.75, 3.05) is 25.9 Å². The number of carbonyl (C=O) groups is 1. The minimum atomic E-state index is -3.22. The fraction of sp³-hybridized carbons (Fsp3) is 0.533. The lowest BCUT2D eigenvalue weighted by molar-refractivity contribution is 0.0941. The van der Waals surface area contributed by atoms with Crippen LogP contribution in [0.15, 0.2) is 29.2 Å². The normalized spacial score (nSPS) is 19.6. The third-order valence-electron chi connectivity index (χ3n) is 3.95. The molecule has 0 saturated carbocycles. The van der Waals surface area contributed by atoms with Crippen LogP contribution in [-0.2, 0) is 9.84 Å². The number of sulfone groups is 1. The summed E-state index contributed by atoms with van der Waals surface area (Å²) >= 11 is 0. The first kappa shape index (κ1) is 16.0. The van der Waals surface area contributed by atoms with Gasteiger partial charge in [-0.3, -0.25) is 9.69 Å². The molecule has 1 atom stereocenters. The van der Waals surface area contributed by atoms with E-state index in [0.29, 0.717) is 18.2 Å². The van der Waals surface area contributed by atoms with Gasteiger partial charge in [-0.1, -0.05) is 6.92 Å². The topological polar surface area (TPSA) is 66.5 Å². The van der Waals surface area contributed by atoms with Gasteiger partial charge in [-0.25, -0.2) is 8.42 Å². The molecule has 1 heterocycles. The Morgan fingerprint density at radius 3 is 2.57 bits per heavy atom. The Kier molecular flexibility index (Phi) is 5.00. The van der Waals surface area contributed by atoms with Crippen LogP contribution >= 0.6 is 0 Å². The summed E-state index contributed by atoms with van der Waals surface area (Å²) in [5.41, 5.74) is 0.489. The van der Waals surface area contributed by atoms with Crippen LogP contribution in [0.4, 0.5) is 0 Å². The molecule has 1 amide bonds. The zero-order valence-corrected chi connectivity index (χ0v) is 13.3. The fourth-order valence-corrected chi connectivity index (χ4v) is 3.34. The summed E-state index contributed by atoms with van der Waals surface area (Å²) in [6.07, 6.45) is 3.44. The molecule has 1 fully saturated rings. The third kappa shape index (κ3) is 4.04. The first-order valence-electron chi connectivity index (χ1n) is 7.24. The summed E-state index contributed by atoms with van der Waals surface area (Å²) in [5.74, 6) is -0.155. The molecule has 2 rings (SSSR count). The number of carbonyl (C=O) groups excluding carboxylic acids is 1. The van der Waals surface area contributed by atoms with Gasteiger partial charge in [0.2, 0.25) is 0 Å². The van der Waals surface area contributed by atoms with Gasteiger partial charge in [0.1, 0.15) is 0 Å². The molecule has 5 nitrogen and oxygen atoms in total. The van der Waals surface area contributed by atoms with Crippen molar-refractivity contribution >= 4 is 15.7 Å². The van der Waals surface area contributed by atoms with E-state index in [2.05, 4.69) is 17.1 Å². The molecule has 6 heteroatoms. The predicted molar refractivity (Wildman–Crippen MR) is 82.2 cm³/mol. The molecule has 0 bridgehead atoms. The molecule has 1 N–H and O–H groups in total. The molecule has 1 aromatic rings. The van der Waals surface area contributed by atoms with Gasteiger partial charge in [-0.05, 0) is 50.2 Å². The van der Waals surface area contributed by atoms with Crippen LogP contribution in [0.25, 0.3) is 0 Å². The van der Waals surface area contributed by atoms with Crippen LogP contribution < -0.4 is 5.32 Å². The van der Waals surface area contributed by atoms with E-state index in [1.54, 1.807) is 12.1 Å². The monoisotopic (exact) mass is 310 g/mol. The maximum absolute atomic E-state index is 12.1. The van der Waals surface area contributed by atoms with Crippen LogP contribution in [0.1, 0.15) is 30.1 Å². The highest BCUT2D eigenvalue weighted by atomic mass is 32.2. The summed E-state index contributed by atoms with van der Waals surface area (Å²) in [6.45, 7) is 4.87. The third-order valence-corrected chi connectivity index (χ3v) is 5.08.